The number of alkyl halides is 5. The number of benzene rings is 1. The van der Waals surface area contributed by atoms with Gasteiger partial charge < -0.3 is 10.6 Å². The van der Waals surface area contributed by atoms with Gasteiger partial charge in [0.25, 0.3) is 11.7 Å². The third kappa shape index (κ3) is 6.90. The lowest BCUT2D eigenvalue weighted by Gasteiger charge is -2.35. The Morgan fingerprint density at radius 2 is 1.77 bits per heavy atom. The minimum atomic E-state index is -4.46. The summed E-state index contributed by atoms with van der Waals surface area (Å²) in [6, 6.07) is 3.54. The summed E-state index contributed by atoms with van der Waals surface area (Å²) in [6.07, 6.45) is -4.46. The maximum atomic E-state index is 13.2. The first-order chi connectivity index (χ1) is 11.8. The van der Waals surface area contributed by atoms with Gasteiger partial charge >= 0.3 is 6.18 Å². The summed E-state index contributed by atoms with van der Waals surface area (Å²) in [4.78, 5) is 13.6. The second-order valence-electron chi connectivity index (χ2n) is 5.46. The fourth-order valence-corrected chi connectivity index (χ4v) is 3.02. The highest BCUT2D eigenvalue weighted by Gasteiger charge is 2.43. The fourth-order valence-electron chi connectivity index (χ4n) is 2.52. The third-order valence-corrected chi connectivity index (χ3v) is 4.49. The summed E-state index contributed by atoms with van der Waals surface area (Å²) in [5.41, 5.74) is 0.125. The van der Waals surface area contributed by atoms with Gasteiger partial charge in [-0.05, 0) is 24.3 Å². The van der Waals surface area contributed by atoms with Gasteiger partial charge in [0.1, 0.15) is 6.04 Å². The van der Waals surface area contributed by atoms with E-state index >= 15 is 0 Å². The maximum absolute atomic E-state index is 13.2. The van der Waals surface area contributed by atoms with E-state index in [1.807, 2.05) is 0 Å². The number of carbonyl (C=O) groups is 1. The van der Waals surface area contributed by atoms with Crippen LogP contribution in [0.15, 0.2) is 29.2 Å². The number of halogens is 6. The van der Waals surface area contributed by atoms with E-state index in [1.165, 1.54) is 29.2 Å². The maximum Gasteiger partial charge on any atom is 0.405 e. The van der Waals surface area contributed by atoms with Gasteiger partial charge in [-0.2, -0.15) is 22.0 Å². The van der Waals surface area contributed by atoms with Gasteiger partial charge in [-0.1, -0.05) is 11.8 Å². The lowest BCUT2D eigenvalue weighted by Crippen LogP contribution is -2.57. The normalized spacial score (nSPS) is 16.8. The molecule has 1 saturated heterocycles. The summed E-state index contributed by atoms with van der Waals surface area (Å²) in [5.74, 6) is -3.25. The van der Waals surface area contributed by atoms with E-state index in [0.29, 0.717) is 24.9 Å². The van der Waals surface area contributed by atoms with Crippen LogP contribution in [0.1, 0.15) is 10.4 Å². The Bertz CT molecular complexity index is 567. The average molecular weight is 420 g/mol. The number of hydrogen-bond donors (Lipinski definition) is 2. The van der Waals surface area contributed by atoms with Crippen molar-refractivity contribution in [2.45, 2.75) is 22.9 Å². The van der Waals surface area contributed by atoms with Gasteiger partial charge in [-0.3, -0.25) is 9.69 Å². The second kappa shape index (κ2) is 10.3. The highest BCUT2D eigenvalue weighted by atomic mass is 35.5. The lowest BCUT2D eigenvalue weighted by molar-refractivity contribution is -0.183. The van der Waals surface area contributed by atoms with E-state index < -0.39 is 30.4 Å². The van der Waals surface area contributed by atoms with Gasteiger partial charge in [0.15, 0.2) is 0 Å². The monoisotopic (exact) mass is 419 g/mol. The second-order valence-corrected chi connectivity index (χ2v) is 6.52. The van der Waals surface area contributed by atoms with E-state index in [4.69, 9.17) is 0 Å². The number of amides is 1. The average Bonchev–Trinajstić information content (AvgIpc) is 2.54. The van der Waals surface area contributed by atoms with Crippen molar-refractivity contribution in [3.63, 3.8) is 0 Å². The van der Waals surface area contributed by atoms with Crippen LogP contribution in [0.4, 0.5) is 22.0 Å². The van der Waals surface area contributed by atoms with E-state index in [1.54, 1.807) is 0 Å². The summed E-state index contributed by atoms with van der Waals surface area (Å²) in [6.45, 7) is 0.864. The smallest absolute Gasteiger partial charge is 0.350 e. The highest BCUT2D eigenvalue weighted by molar-refractivity contribution is 7.99. The molecule has 26 heavy (non-hydrogen) atoms. The Kier molecular flexibility index (Phi) is 9.08. The van der Waals surface area contributed by atoms with Crippen LogP contribution in [0.2, 0.25) is 0 Å². The lowest BCUT2D eigenvalue weighted by atomic mass is 10.1. The van der Waals surface area contributed by atoms with Gasteiger partial charge in [0, 0.05) is 43.2 Å². The molecule has 1 atom stereocenters. The largest absolute Gasteiger partial charge is 0.405 e. The molecule has 0 radical (unpaired) electrons. The summed E-state index contributed by atoms with van der Waals surface area (Å²) in [5, 5.41) is 5.27. The van der Waals surface area contributed by atoms with Gasteiger partial charge in [-0.25, -0.2) is 0 Å². The van der Waals surface area contributed by atoms with Gasteiger partial charge in [0.2, 0.25) is 0 Å². The van der Waals surface area contributed by atoms with Crippen LogP contribution in [0.25, 0.3) is 0 Å². The molecule has 148 valence electrons. The molecule has 11 heteroatoms. The number of rotatable bonds is 6. The number of nitrogens with one attached hydrogen (secondary N) is 2. The quantitative estimate of drug-likeness (QED) is 0.549. The Morgan fingerprint density at radius 1 is 1.19 bits per heavy atom. The first-order valence-corrected chi connectivity index (χ1v) is 8.50. The van der Waals surface area contributed by atoms with Gasteiger partial charge in [-0.15, -0.1) is 12.4 Å². The van der Waals surface area contributed by atoms with Crippen molar-refractivity contribution >= 4 is 30.1 Å². The molecule has 2 rings (SSSR count). The Balaban J connectivity index is 0.00000338. The van der Waals surface area contributed by atoms with Crippen LogP contribution in [-0.4, -0.2) is 61.5 Å². The molecule has 1 fully saturated rings. The molecule has 4 nitrogen and oxygen atoms in total. The molecule has 1 aromatic carbocycles. The van der Waals surface area contributed by atoms with Gasteiger partial charge in [0.05, 0.1) is 0 Å². The standard InChI is InChI=1S/C15H18F5N3OS.ClH/c16-14(17)25-11-3-1-10(2-4-11)13(24)22-9-12(15(18,19)20)23-7-5-21-6-8-23;/h1-4,12,14,21H,5-9H2,(H,22,24);1H. The molecule has 1 aliphatic rings. The Morgan fingerprint density at radius 3 is 2.27 bits per heavy atom. The van der Waals surface area contributed by atoms with Crippen molar-refractivity contribution in [3.8, 4) is 0 Å². The molecule has 0 aliphatic carbocycles. The van der Waals surface area contributed by atoms with Crippen molar-refractivity contribution in [3.05, 3.63) is 29.8 Å². The third-order valence-electron chi connectivity index (χ3n) is 3.77. The number of thioether (sulfide) groups is 1. The molecule has 0 saturated carbocycles. The first kappa shape index (κ1) is 22.9. The molecule has 0 bridgehead atoms. The van der Waals surface area contributed by atoms with Crippen molar-refractivity contribution in [2.24, 2.45) is 0 Å². The summed E-state index contributed by atoms with van der Waals surface area (Å²) >= 11 is 0.333. The van der Waals surface area contributed by atoms with Crippen molar-refractivity contribution in [1.82, 2.24) is 15.5 Å². The Hall–Kier alpha value is -1.10. The van der Waals surface area contributed by atoms with Crippen molar-refractivity contribution < 1.29 is 26.7 Å². The van der Waals surface area contributed by atoms with E-state index in [-0.39, 0.29) is 36.0 Å². The topological polar surface area (TPSA) is 44.4 Å². The Labute approximate surface area is 158 Å². The molecule has 1 unspecified atom stereocenters. The molecular weight excluding hydrogens is 401 g/mol. The number of carbonyl (C=O) groups excluding carboxylic acids is 1. The van der Waals surface area contributed by atoms with E-state index in [2.05, 4.69) is 10.6 Å². The van der Waals surface area contributed by atoms with Crippen LogP contribution in [0.5, 0.6) is 0 Å². The van der Waals surface area contributed by atoms with Crippen molar-refractivity contribution in [2.75, 3.05) is 32.7 Å². The predicted octanol–water partition coefficient (Wildman–Crippen LogP) is 2.99. The van der Waals surface area contributed by atoms with Crippen LogP contribution >= 0.6 is 24.2 Å². The minimum Gasteiger partial charge on any atom is -0.350 e. The first-order valence-electron chi connectivity index (χ1n) is 7.62. The molecule has 1 amide bonds. The molecule has 1 heterocycles. The number of nitrogens with zero attached hydrogens (tertiary/aromatic N) is 1. The SMILES string of the molecule is Cl.O=C(NCC(N1CCNCC1)C(F)(F)F)c1ccc(SC(F)F)cc1. The van der Waals surface area contributed by atoms with Crippen LogP contribution in [-0.2, 0) is 0 Å². The van der Waals surface area contributed by atoms with Crippen LogP contribution in [0.3, 0.4) is 0 Å². The summed E-state index contributed by atoms with van der Waals surface area (Å²) in [7, 11) is 0. The molecule has 2 N–H and O–H groups in total. The zero-order valence-electron chi connectivity index (χ0n) is 13.6. The zero-order valence-corrected chi connectivity index (χ0v) is 15.2. The van der Waals surface area contributed by atoms with E-state index in [0.717, 1.165) is 0 Å². The minimum absolute atomic E-state index is 0. The zero-order chi connectivity index (χ0) is 18.4. The summed E-state index contributed by atoms with van der Waals surface area (Å²) < 4.78 is 64.2. The van der Waals surface area contributed by atoms with Crippen molar-refractivity contribution in [1.29, 1.82) is 0 Å². The molecular formula is C15H19ClF5N3OS. The number of hydrogen-bond acceptors (Lipinski definition) is 4. The number of piperazine rings is 1. The molecule has 1 aliphatic heterocycles. The fraction of sp³-hybridized carbons (Fsp3) is 0.533. The van der Waals surface area contributed by atoms with E-state index in [9.17, 15) is 26.7 Å². The molecule has 0 aromatic heterocycles. The molecule has 0 spiro atoms. The van der Waals surface area contributed by atoms with Crippen LogP contribution in [0, 0.1) is 0 Å². The van der Waals surface area contributed by atoms with Crippen LogP contribution < -0.4 is 10.6 Å². The highest BCUT2D eigenvalue weighted by Crippen LogP contribution is 2.26. The predicted molar refractivity (Wildman–Crippen MR) is 92.2 cm³/mol. The molecule has 1 aromatic rings.